The Morgan fingerprint density at radius 2 is 1.85 bits per heavy atom. The van der Waals surface area contributed by atoms with Crippen LogP contribution in [0.4, 0.5) is 17.5 Å². The van der Waals surface area contributed by atoms with Crippen molar-refractivity contribution >= 4 is 17.5 Å². The van der Waals surface area contributed by atoms with Crippen molar-refractivity contribution in [3.05, 3.63) is 41.6 Å². The highest BCUT2D eigenvalue weighted by molar-refractivity contribution is 5.63. The summed E-state index contributed by atoms with van der Waals surface area (Å²) in [5, 5.41) is 6.84. The Balaban J connectivity index is 1.67. The summed E-state index contributed by atoms with van der Waals surface area (Å²) in [4.78, 5) is 11.6. The molecule has 0 unspecified atom stereocenters. The van der Waals surface area contributed by atoms with Crippen LogP contribution < -0.4 is 10.6 Å². The summed E-state index contributed by atoms with van der Waals surface area (Å²) in [6.07, 6.45) is 0. The fourth-order valence-corrected chi connectivity index (χ4v) is 3.25. The summed E-state index contributed by atoms with van der Waals surface area (Å²) < 4.78 is 5.39. The third-order valence-corrected chi connectivity index (χ3v) is 4.67. The van der Waals surface area contributed by atoms with Gasteiger partial charge in [-0.25, -0.2) is 4.98 Å². The van der Waals surface area contributed by atoms with Crippen molar-refractivity contribution in [3.8, 4) is 0 Å². The summed E-state index contributed by atoms with van der Waals surface area (Å²) >= 11 is 0. The molecule has 27 heavy (non-hydrogen) atoms. The van der Waals surface area contributed by atoms with E-state index in [2.05, 4.69) is 64.5 Å². The molecule has 6 heteroatoms. The Morgan fingerprint density at radius 1 is 1.11 bits per heavy atom. The van der Waals surface area contributed by atoms with Crippen molar-refractivity contribution in [1.82, 2.24) is 14.9 Å². The van der Waals surface area contributed by atoms with Gasteiger partial charge in [-0.3, -0.25) is 4.90 Å². The van der Waals surface area contributed by atoms with Crippen LogP contribution in [-0.4, -0.2) is 54.3 Å². The second-order valence-corrected chi connectivity index (χ2v) is 8.02. The summed E-state index contributed by atoms with van der Waals surface area (Å²) in [6, 6.07) is 10.4. The van der Waals surface area contributed by atoms with Crippen LogP contribution in [0, 0.1) is 6.92 Å². The predicted octanol–water partition coefficient (Wildman–Crippen LogP) is 3.57. The maximum Gasteiger partial charge on any atom is 0.224 e. The number of rotatable bonds is 6. The summed E-state index contributed by atoms with van der Waals surface area (Å²) in [5.74, 6) is 1.48. The lowest BCUT2D eigenvalue weighted by Crippen LogP contribution is -2.39. The van der Waals surface area contributed by atoms with Gasteiger partial charge in [0.2, 0.25) is 5.95 Å². The van der Waals surface area contributed by atoms with Gasteiger partial charge in [-0.15, -0.1) is 0 Å². The number of aromatic nitrogens is 2. The first-order valence-corrected chi connectivity index (χ1v) is 9.68. The van der Waals surface area contributed by atoms with Crippen molar-refractivity contribution in [3.63, 3.8) is 0 Å². The first-order valence-electron chi connectivity index (χ1n) is 9.68. The summed E-state index contributed by atoms with van der Waals surface area (Å²) in [5.41, 5.74) is 3.35. The van der Waals surface area contributed by atoms with E-state index in [4.69, 9.17) is 4.74 Å². The van der Waals surface area contributed by atoms with Crippen molar-refractivity contribution in [2.24, 2.45) is 0 Å². The van der Waals surface area contributed by atoms with Crippen molar-refractivity contribution in [1.29, 1.82) is 0 Å². The Labute approximate surface area is 162 Å². The van der Waals surface area contributed by atoms with E-state index in [9.17, 15) is 0 Å². The number of nitrogens with one attached hydrogen (secondary N) is 2. The van der Waals surface area contributed by atoms with Gasteiger partial charge >= 0.3 is 0 Å². The van der Waals surface area contributed by atoms with Crippen LogP contribution in [0.1, 0.15) is 32.0 Å². The van der Waals surface area contributed by atoms with Crippen molar-refractivity contribution in [2.75, 3.05) is 50.0 Å². The van der Waals surface area contributed by atoms with Gasteiger partial charge in [0.25, 0.3) is 0 Å². The van der Waals surface area contributed by atoms with E-state index >= 15 is 0 Å². The van der Waals surface area contributed by atoms with Gasteiger partial charge < -0.3 is 15.4 Å². The zero-order chi connectivity index (χ0) is 19.3. The number of morpholine rings is 1. The molecule has 0 amide bonds. The maximum atomic E-state index is 5.39. The zero-order valence-corrected chi connectivity index (χ0v) is 16.9. The van der Waals surface area contributed by atoms with Crippen molar-refractivity contribution < 1.29 is 4.74 Å². The smallest absolute Gasteiger partial charge is 0.224 e. The van der Waals surface area contributed by atoms with E-state index in [1.54, 1.807) is 0 Å². The van der Waals surface area contributed by atoms with Crippen LogP contribution in [0.3, 0.4) is 0 Å². The molecule has 0 atom stereocenters. The lowest BCUT2D eigenvalue weighted by molar-refractivity contribution is 0.0398. The SMILES string of the molecule is Cc1cc(Nc2ccccc2C(C)(C)C)nc(NCCN2CCOCC2)n1. The predicted molar refractivity (Wildman–Crippen MR) is 111 cm³/mol. The number of ether oxygens (including phenoxy) is 1. The molecule has 1 saturated heterocycles. The topological polar surface area (TPSA) is 62.3 Å². The van der Waals surface area contributed by atoms with Crippen LogP contribution >= 0.6 is 0 Å². The Hall–Kier alpha value is -2.18. The summed E-state index contributed by atoms with van der Waals surface area (Å²) in [7, 11) is 0. The molecule has 146 valence electrons. The molecule has 6 nitrogen and oxygen atoms in total. The fourth-order valence-electron chi connectivity index (χ4n) is 3.25. The molecule has 1 aromatic heterocycles. The highest BCUT2D eigenvalue weighted by Crippen LogP contribution is 2.31. The molecule has 0 radical (unpaired) electrons. The highest BCUT2D eigenvalue weighted by Gasteiger charge is 2.18. The second-order valence-electron chi connectivity index (χ2n) is 8.02. The number of hydrogen-bond donors (Lipinski definition) is 2. The molecule has 0 saturated carbocycles. The first kappa shape index (κ1) is 19.6. The average Bonchev–Trinajstić information content (AvgIpc) is 2.62. The second kappa shape index (κ2) is 8.67. The van der Waals surface area contributed by atoms with Gasteiger partial charge in [0.15, 0.2) is 0 Å². The van der Waals surface area contributed by atoms with Gasteiger partial charge in [-0.1, -0.05) is 39.0 Å². The van der Waals surface area contributed by atoms with Crippen LogP contribution in [0.15, 0.2) is 30.3 Å². The molecule has 1 fully saturated rings. The Kier molecular flexibility index (Phi) is 6.29. The number of anilines is 3. The minimum absolute atomic E-state index is 0.0604. The summed E-state index contributed by atoms with van der Waals surface area (Å²) in [6.45, 7) is 14.1. The third-order valence-electron chi connectivity index (χ3n) is 4.67. The molecule has 0 spiro atoms. The molecular formula is C21H31N5O. The molecule has 3 rings (SSSR count). The average molecular weight is 370 g/mol. The molecular weight excluding hydrogens is 338 g/mol. The standard InChI is InChI=1S/C21H31N5O/c1-16-15-19(24-18-8-6-5-7-17(18)21(2,3)4)25-20(23-16)22-9-10-26-11-13-27-14-12-26/h5-8,15H,9-14H2,1-4H3,(H2,22,23,24,25). The monoisotopic (exact) mass is 369 g/mol. The largest absolute Gasteiger partial charge is 0.379 e. The molecule has 0 aliphatic carbocycles. The fraction of sp³-hybridized carbons (Fsp3) is 0.524. The Morgan fingerprint density at radius 3 is 2.59 bits per heavy atom. The maximum absolute atomic E-state index is 5.39. The number of para-hydroxylation sites is 1. The highest BCUT2D eigenvalue weighted by atomic mass is 16.5. The van der Waals surface area contributed by atoms with E-state index in [0.717, 1.165) is 56.6 Å². The first-order chi connectivity index (χ1) is 12.9. The molecule has 2 heterocycles. The zero-order valence-electron chi connectivity index (χ0n) is 16.9. The molecule has 1 aliphatic heterocycles. The van der Waals surface area contributed by atoms with Crippen LogP contribution in [0.5, 0.6) is 0 Å². The molecule has 0 bridgehead atoms. The number of hydrogen-bond acceptors (Lipinski definition) is 6. The lowest BCUT2D eigenvalue weighted by Gasteiger charge is -2.26. The van der Waals surface area contributed by atoms with E-state index in [-0.39, 0.29) is 5.41 Å². The number of benzene rings is 1. The van der Waals surface area contributed by atoms with Crippen molar-refractivity contribution in [2.45, 2.75) is 33.1 Å². The van der Waals surface area contributed by atoms with E-state index in [1.165, 1.54) is 5.56 Å². The van der Waals surface area contributed by atoms with E-state index < -0.39 is 0 Å². The van der Waals surface area contributed by atoms with Gasteiger partial charge in [0, 0.05) is 43.6 Å². The minimum atomic E-state index is 0.0604. The Bertz CT molecular complexity index is 750. The number of nitrogens with zero attached hydrogens (tertiary/aromatic N) is 3. The van der Waals surface area contributed by atoms with Crippen LogP contribution in [0.2, 0.25) is 0 Å². The third kappa shape index (κ3) is 5.65. The number of aryl methyl sites for hydroxylation is 1. The quantitative estimate of drug-likeness (QED) is 0.812. The van der Waals surface area contributed by atoms with E-state index in [0.29, 0.717) is 5.95 Å². The normalized spacial score (nSPS) is 15.6. The van der Waals surface area contributed by atoms with Crippen LogP contribution in [0.25, 0.3) is 0 Å². The molecule has 2 aromatic rings. The van der Waals surface area contributed by atoms with Gasteiger partial charge in [-0.2, -0.15) is 4.98 Å². The van der Waals surface area contributed by atoms with Gasteiger partial charge in [0.05, 0.1) is 13.2 Å². The lowest BCUT2D eigenvalue weighted by atomic mass is 9.86. The van der Waals surface area contributed by atoms with Gasteiger partial charge in [-0.05, 0) is 24.0 Å². The molecule has 1 aliphatic rings. The van der Waals surface area contributed by atoms with Gasteiger partial charge in [0.1, 0.15) is 5.82 Å². The molecule has 2 N–H and O–H groups in total. The van der Waals surface area contributed by atoms with E-state index in [1.807, 2.05) is 19.1 Å². The molecule has 1 aromatic carbocycles. The minimum Gasteiger partial charge on any atom is -0.379 e. The van der Waals surface area contributed by atoms with Crippen LogP contribution in [-0.2, 0) is 10.2 Å².